The van der Waals surface area contributed by atoms with Crippen molar-refractivity contribution in [3.8, 4) is 11.1 Å². The Kier molecular flexibility index (Phi) is 5.45. The lowest BCUT2D eigenvalue weighted by atomic mass is 9.88. The summed E-state index contributed by atoms with van der Waals surface area (Å²) in [5.74, 6) is 0. The molecule has 1 heteroatoms. The Balaban J connectivity index is 1.52. The maximum Gasteiger partial charge on any atom is 0.0538 e. The van der Waals surface area contributed by atoms with Crippen LogP contribution < -0.4 is 0 Å². The molecule has 1 heterocycles. The van der Waals surface area contributed by atoms with Crippen molar-refractivity contribution in [2.75, 3.05) is 0 Å². The Morgan fingerprint density at radius 2 is 1.13 bits per heavy atom. The van der Waals surface area contributed by atoms with E-state index in [1.165, 1.54) is 71.3 Å². The summed E-state index contributed by atoms with van der Waals surface area (Å²) in [6, 6.07) is 41.8. The number of benzene rings is 6. The number of para-hydroxylation sites is 1. The fourth-order valence-electron chi connectivity index (χ4n) is 6.28. The smallest absolute Gasteiger partial charge is 0.0538 e. The molecule has 0 unspecified atom stereocenters. The molecule has 0 atom stereocenters. The van der Waals surface area contributed by atoms with Crippen molar-refractivity contribution in [1.82, 2.24) is 4.57 Å². The molecule has 0 saturated carbocycles. The van der Waals surface area contributed by atoms with E-state index in [4.69, 9.17) is 0 Å². The predicted molar refractivity (Wildman–Crippen MR) is 171 cm³/mol. The molecule has 0 aliphatic carbocycles. The van der Waals surface area contributed by atoms with Crippen molar-refractivity contribution in [3.63, 3.8) is 0 Å². The van der Waals surface area contributed by atoms with Gasteiger partial charge >= 0.3 is 0 Å². The first-order valence-electron chi connectivity index (χ1n) is 13.5. The van der Waals surface area contributed by atoms with Gasteiger partial charge in [0.15, 0.2) is 0 Å². The SMILES string of the molecule is C=Cc1ccccc1/C=C(\C)n1c2ccccc2c2cc(-c3c4ccccc4c(C)c4ccccc34)ccc21. The van der Waals surface area contributed by atoms with Gasteiger partial charge in [-0.2, -0.15) is 0 Å². The Bertz CT molecular complexity index is 2040. The summed E-state index contributed by atoms with van der Waals surface area (Å²) in [5.41, 5.74) is 9.80. The first kappa shape index (κ1) is 23.3. The highest BCUT2D eigenvalue weighted by Gasteiger charge is 2.16. The third kappa shape index (κ3) is 3.62. The maximum absolute atomic E-state index is 4.01. The number of aromatic nitrogens is 1. The Labute approximate surface area is 229 Å². The summed E-state index contributed by atoms with van der Waals surface area (Å²) in [6.07, 6.45) is 4.19. The molecule has 1 nitrogen and oxygen atoms in total. The van der Waals surface area contributed by atoms with Gasteiger partial charge in [0.25, 0.3) is 0 Å². The average Bonchev–Trinajstić information content (AvgIpc) is 3.32. The molecule has 6 aromatic carbocycles. The molecule has 39 heavy (non-hydrogen) atoms. The third-order valence-electron chi connectivity index (χ3n) is 8.10. The van der Waals surface area contributed by atoms with Crippen LogP contribution in [0, 0.1) is 6.92 Å². The molecular formula is C38H29N. The van der Waals surface area contributed by atoms with Crippen LogP contribution in [0.4, 0.5) is 0 Å². The van der Waals surface area contributed by atoms with E-state index in [1.807, 2.05) is 6.08 Å². The molecule has 0 spiro atoms. The number of fused-ring (bicyclic) bond motifs is 5. The molecule has 7 aromatic rings. The highest BCUT2D eigenvalue weighted by Crippen LogP contribution is 2.41. The number of nitrogens with zero attached hydrogens (tertiary/aromatic N) is 1. The second-order valence-electron chi connectivity index (χ2n) is 10.3. The Hall–Kier alpha value is -4.88. The van der Waals surface area contributed by atoms with Crippen LogP contribution in [0.15, 0.2) is 122 Å². The first-order valence-corrected chi connectivity index (χ1v) is 13.5. The van der Waals surface area contributed by atoms with Crippen LogP contribution in [0.5, 0.6) is 0 Å². The number of allylic oxidation sites excluding steroid dienone is 1. The number of rotatable bonds is 4. The van der Waals surface area contributed by atoms with Crippen LogP contribution in [0.3, 0.4) is 0 Å². The predicted octanol–water partition coefficient (Wildman–Crippen LogP) is 10.7. The van der Waals surface area contributed by atoms with Gasteiger partial charge in [-0.1, -0.05) is 110 Å². The topological polar surface area (TPSA) is 4.93 Å². The van der Waals surface area contributed by atoms with E-state index in [0.29, 0.717) is 0 Å². The minimum atomic E-state index is 1.14. The summed E-state index contributed by atoms with van der Waals surface area (Å²) in [6.45, 7) is 8.45. The van der Waals surface area contributed by atoms with Gasteiger partial charge in [-0.05, 0) is 87.5 Å². The summed E-state index contributed by atoms with van der Waals surface area (Å²) < 4.78 is 2.39. The highest BCUT2D eigenvalue weighted by molar-refractivity contribution is 6.17. The van der Waals surface area contributed by atoms with Crippen LogP contribution in [-0.2, 0) is 0 Å². The van der Waals surface area contributed by atoms with Gasteiger partial charge < -0.3 is 4.57 Å². The zero-order chi connectivity index (χ0) is 26.5. The van der Waals surface area contributed by atoms with Gasteiger partial charge in [0, 0.05) is 16.5 Å². The quantitative estimate of drug-likeness (QED) is 0.212. The summed E-state index contributed by atoms with van der Waals surface area (Å²) in [4.78, 5) is 0. The fraction of sp³-hybridized carbons (Fsp3) is 0.0526. The molecule has 186 valence electrons. The molecule has 0 bridgehead atoms. The minimum Gasteiger partial charge on any atom is -0.313 e. The third-order valence-corrected chi connectivity index (χ3v) is 8.10. The summed E-state index contributed by atoms with van der Waals surface area (Å²) in [7, 11) is 0. The van der Waals surface area contributed by atoms with Gasteiger partial charge in [-0.3, -0.25) is 0 Å². The molecule has 0 N–H and O–H groups in total. The lowest BCUT2D eigenvalue weighted by Crippen LogP contribution is -1.94. The Morgan fingerprint density at radius 3 is 1.79 bits per heavy atom. The molecule has 0 fully saturated rings. The van der Waals surface area contributed by atoms with E-state index in [1.54, 1.807) is 0 Å². The van der Waals surface area contributed by atoms with Crippen LogP contribution >= 0.6 is 0 Å². The number of hydrogen-bond acceptors (Lipinski definition) is 0. The van der Waals surface area contributed by atoms with Gasteiger partial charge in [0.05, 0.1) is 11.0 Å². The van der Waals surface area contributed by atoms with Crippen LogP contribution in [0.25, 0.3) is 72.3 Å². The van der Waals surface area contributed by atoms with E-state index in [9.17, 15) is 0 Å². The van der Waals surface area contributed by atoms with E-state index in [2.05, 4.69) is 146 Å². The molecule has 0 aliphatic heterocycles. The maximum atomic E-state index is 4.01. The van der Waals surface area contributed by atoms with Crippen molar-refractivity contribution in [3.05, 3.63) is 139 Å². The van der Waals surface area contributed by atoms with Gasteiger partial charge in [-0.15, -0.1) is 0 Å². The summed E-state index contributed by atoms with van der Waals surface area (Å²) >= 11 is 0. The van der Waals surface area contributed by atoms with Crippen molar-refractivity contribution >= 4 is 61.2 Å². The molecule has 0 aliphatic rings. The zero-order valence-electron chi connectivity index (χ0n) is 22.3. The van der Waals surface area contributed by atoms with Gasteiger partial charge in [-0.25, -0.2) is 0 Å². The van der Waals surface area contributed by atoms with Gasteiger partial charge in [0.1, 0.15) is 0 Å². The average molecular weight is 500 g/mol. The van der Waals surface area contributed by atoms with E-state index in [0.717, 1.165) is 5.56 Å². The van der Waals surface area contributed by atoms with E-state index >= 15 is 0 Å². The number of aryl methyl sites for hydroxylation is 1. The lowest BCUT2D eigenvalue weighted by molar-refractivity contribution is 1.21. The van der Waals surface area contributed by atoms with Crippen LogP contribution in [0.1, 0.15) is 23.6 Å². The largest absolute Gasteiger partial charge is 0.313 e. The molecule has 1 aromatic heterocycles. The van der Waals surface area contributed by atoms with Crippen molar-refractivity contribution < 1.29 is 0 Å². The molecule has 0 saturated heterocycles. The van der Waals surface area contributed by atoms with Crippen LogP contribution in [0.2, 0.25) is 0 Å². The monoisotopic (exact) mass is 499 g/mol. The minimum absolute atomic E-state index is 1.14. The van der Waals surface area contributed by atoms with Crippen molar-refractivity contribution in [2.45, 2.75) is 13.8 Å². The lowest BCUT2D eigenvalue weighted by Gasteiger charge is -2.15. The van der Waals surface area contributed by atoms with E-state index < -0.39 is 0 Å². The standard InChI is InChI=1S/C38H29N/c1-4-27-13-5-6-14-28(27)23-25(2)39-36-20-12-11-17-32(36)35-24-29(21-22-37(35)39)38-33-18-9-7-15-30(33)26(3)31-16-8-10-19-34(31)38/h4-24H,1H2,2-3H3/b25-23+. The first-order chi connectivity index (χ1) is 19.2. The Morgan fingerprint density at radius 1 is 0.590 bits per heavy atom. The van der Waals surface area contributed by atoms with Gasteiger partial charge in [0.2, 0.25) is 0 Å². The zero-order valence-corrected chi connectivity index (χ0v) is 22.3. The normalized spacial score (nSPS) is 12.1. The molecule has 0 radical (unpaired) electrons. The van der Waals surface area contributed by atoms with Crippen LogP contribution in [-0.4, -0.2) is 4.57 Å². The van der Waals surface area contributed by atoms with Crippen molar-refractivity contribution in [1.29, 1.82) is 0 Å². The summed E-state index contributed by atoms with van der Waals surface area (Å²) in [5, 5.41) is 7.76. The van der Waals surface area contributed by atoms with Crippen molar-refractivity contribution in [2.24, 2.45) is 0 Å². The molecular weight excluding hydrogens is 470 g/mol. The highest BCUT2D eigenvalue weighted by atomic mass is 15.0. The fourth-order valence-corrected chi connectivity index (χ4v) is 6.28. The second kappa shape index (κ2) is 9.15. The second-order valence-corrected chi connectivity index (χ2v) is 10.3. The van der Waals surface area contributed by atoms with E-state index in [-0.39, 0.29) is 0 Å². The molecule has 7 rings (SSSR count). The number of hydrogen-bond donors (Lipinski definition) is 0. The molecule has 0 amide bonds.